The van der Waals surface area contributed by atoms with Crippen molar-refractivity contribution in [3.05, 3.63) is 75.8 Å². The van der Waals surface area contributed by atoms with Crippen molar-refractivity contribution in [1.29, 1.82) is 0 Å². The second-order valence-corrected chi connectivity index (χ2v) is 6.34. The van der Waals surface area contributed by atoms with Gasteiger partial charge >= 0.3 is 0 Å². The van der Waals surface area contributed by atoms with Crippen LogP contribution in [0.1, 0.15) is 11.1 Å². The van der Waals surface area contributed by atoms with Gasteiger partial charge in [0.1, 0.15) is 0 Å². The zero-order valence-electron chi connectivity index (χ0n) is 14.5. The maximum atomic E-state index is 11.0. The zero-order chi connectivity index (χ0) is 17.6. The fourth-order valence-corrected chi connectivity index (χ4v) is 3.07. The van der Waals surface area contributed by atoms with Crippen LogP contribution in [0.3, 0.4) is 0 Å². The number of hydrogen-bond acceptors (Lipinski definition) is 4. The largest absolute Gasteiger partial charge is 0.369 e. The molecule has 1 saturated heterocycles. The van der Waals surface area contributed by atoms with E-state index in [1.54, 1.807) is 18.2 Å². The van der Waals surface area contributed by atoms with Crippen molar-refractivity contribution in [2.45, 2.75) is 6.92 Å². The first-order valence-electron chi connectivity index (χ1n) is 8.57. The van der Waals surface area contributed by atoms with E-state index < -0.39 is 0 Å². The van der Waals surface area contributed by atoms with E-state index in [2.05, 4.69) is 41.0 Å². The SMILES string of the molecule is Cc1ccc(N2CCN(C/C=C/c3ccccc3[N+](=O)[O-])CC2)cc1. The fourth-order valence-electron chi connectivity index (χ4n) is 3.07. The van der Waals surface area contributed by atoms with Gasteiger partial charge in [-0.05, 0) is 25.1 Å². The fraction of sp³-hybridized carbons (Fsp3) is 0.300. The first-order chi connectivity index (χ1) is 12.1. The minimum absolute atomic E-state index is 0.156. The predicted molar refractivity (Wildman–Crippen MR) is 102 cm³/mol. The van der Waals surface area contributed by atoms with Gasteiger partial charge in [-0.15, -0.1) is 0 Å². The first-order valence-corrected chi connectivity index (χ1v) is 8.57. The van der Waals surface area contributed by atoms with Gasteiger partial charge in [0.25, 0.3) is 5.69 Å². The van der Waals surface area contributed by atoms with Crippen LogP contribution in [0, 0.1) is 17.0 Å². The number of para-hydroxylation sites is 1. The third kappa shape index (κ3) is 4.45. The molecule has 1 aliphatic rings. The summed E-state index contributed by atoms with van der Waals surface area (Å²) in [6, 6.07) is 15.5. The lowest BCUT2D eigenvalue weighted by molar-refractivity contribution is -0.385. The zero-order valence-corrected chi connectivity index (χ0v) is 14.5. The number of rotatable bonds is 5. The lowest BCUT2D eigenvalue weighted by Gasteiger charge is -2.35. The highest BCUT2D eigenvalue weighted by Gasteiger charge is 2.16. The Morgan fingerprint density at radius 1 is 1.04 bits per heavy atom. The number of aryl methyl sites for hydroxylation is 1. The Hall–Kier alpha value is -2.66. The number of nitro groups is 1. The Balaban J connectivity index is 1.53. The maximum absolute atomic E-state index is 11.0. The summed E-state index contributed by atoms with van der Waals surface area (Å²) in [6.07, 6.45) is 3.87. The summed E-state index contributed by atoms with van der Waals surface area (Å²) in [5.74, 6) is 0. The summed E-state index contributed by atoms with van der Waals surface area (Å²) in [6.45, 7) is 6.91. The Kier molecular flexibility index (Phi) is 5.46. The van der Waals surface area contributed by atoms with Crippen LogP contribution in [0.4, 0.5) is 11.4 Å². The van der Waals surface area contributed by atoms with Crippen LogP contribution in [0.25, 0.3) is 6.08 Å². The number of piperazine rings is 1. The molecule has 5 nitrogen and oxygen atoms in total. The summed E-state index contributed by atoms with van der Waals surface area (Å²) < 4.78 is 0. The van der Waals surface area contributed by atoms with Crippen molar-refractivity contribution in [3.63, 3.8) is 0 Å². The van der Waals surface area contributed by atoms with Gasteiger partial charge in [-0.3, -0.25) is 15.0 Å². The van der Waals surface area contributed by atoms with Crippen LogP contribution in [0.2, 0.25) is 0 Å². The minimum atomic E-state index is -0.333. The van der Waals surface area contributed by atoms with E-state index in [1.165, 1.54) is 11.3 Å². The predicted octanol–water partition coefficient (Wildman–Crippen LogP) is 3.74. The van der Waals surface area contributed by atoms with E-state index in [1.807, 2.05) is 18.2 Å². The van der Waals surface area contributed by atoms with Gasteiger partial charge in [-0.2, -0.15) is 0 Å². The molecule has 0 N–H and O–H groups in total. The molecule has 1 heterocycles. The second kappa shape index (κ2) is 7.94. The van der Waals surface area contributed by atoms with E-state index in [4.69, 9.17) is 0 Å². The van der Waals surface area contributed by atoms with Crippen LogP contribution in [0.15, 0.2) is 54.6 Å². The van der Waals surface area contributed by atoms with Gasteiger partial charge in [-0.25, -0.2) is 0 Å². The van der Waals surface area contributed by atoms with Crippen molar-refractivity contribution in [1.82, 2.24) is 4.90 Å². The maximum Gasteiger partial charge on any atom is 0.276 e. The molecule has 1 fully saturated rings. The van der Waals surface area contributed by atoms with E-state index >= 15 is 0 Å². The van der Waals surface area contributed by atoms with Gasteiger partial charge < -0.3 is 4.90 Å². The van der Waals surface area contributed by atoms with Crippen LogP contribution in [-0.4, -0.2) is 42.5 Å². The number of anilines is 1. The van der Waals surface area contributed by atoms with Crippen molar-refractivity contribution >= 4 is 17.5 Å². The van der Waals surface area contributed by atoms with Gasteiger partial charge in [0.15, 0.2) is 0 Å². The molecule has 2 aromatic carbocycles. The summed E-state index contributed by atoms with van der Waals surface area (Å²) in [4.78, 5) is 15.5. The van der Waals surface area contributed by atoms with Gasteiger partial charge in [0.05, 0.1) is 10.5 Å². The number of nitro benzene ring substituents is 1. The molecule has 2 aromatic rings. The normalized spacial score (nSPS) is 15.6. The van der Waals surface area contributed by atoms with Crippen molar-refractivity contribution in [2.75, 3.05) is 37.6 Å². The van der Waals surface area contributed by atoms with E-state index in [0.717, 1.165) is 32.7 Å². The second-order valence-electron chi connectivity index (χ2n) is 6.34. The lowest BCUT2D eigenvalue weighted by atomic mass is 10.1. The molecule has 0 spiro atoms. The van der Waals surface area contributed by atoms with Crippen LogP contribution in [-0.2, 0) is 0 Å². The Bertz CT molecular complexity index is 748. The summed E-state index contributed by atoms with van der Waals surface area (Å²) in [7, 11) is 0. The highest BCUT2D eigenvalue weighted by atomic mass is 16.6. The van der Waals surface area contributed by atoms with Gasteiger partial charge in [-0.1, -0.05) is 42.0 Å². The standard InChI is InChI=1S/C20H23N3O2/c1-17-8-10-19(11-9-17)22-15-13-21(14-16-22)12-4-6-18-5-2-3-7-20(18)23(24)25/h2-11H,12-16H2,1H3/b6-4+. The van der Waals surface area contributed by atoms with Gasteiger partial charge in [0, 0.05) is 44.5 Å². The Labute approximate surface area is 148 Å². The molecule has 0 amide bonds. The first kappa shape index (κ1) is 17.2. The molecule has 0 bridgehead atoms. The highest BCUT2D eigenvalue weighted by molar-refractivity contribution is 5.60. The third-order valence-corrected chi connectivity index (χ3v) is 4.57. The molecule has 25 heavy (non-hydrogen) atoms. The van der Waals surface area contributed by atoms with Crippen molar-refractivity contribution in [3.8, 4) is 0 Å². The molecule has 0 radical (unpaired) electrons. The van der Waals surface area contributed by atoms with Gasteiger partial charge in [0.2, 0.25) is 0 Å². The molecule has 5 heteroatoms. The molecule has 0 aliphatic carbocycles. The molecule has 130 valence electrons. The average Bonchev–Trinajstić information content (AvgIpc) is 2.63. The smallest absolute Gasteiger partial charge is 0.276 e. The van der Waals surface area contributed by atoms with Crippen LogP contribution >= 0.6 is 0 Å². The van der Waals surface area contributed by atoms with Crippen molar-refractivity contribution < 1.29 is 4.92 Å². The molecule has 1 aliphatic heterocycles. The molecule has 3 rings (SSSR count). The summed E-state index contributed by atoms with van der Waals surface area (Å²) in [5, 5.41) is 11.0. The molecule has 0 unspecified atom stereocenters. The topological polar surface area (TPSA) is 49.6 Å². The molecular weight excluding hydrogens is 314 g/mol. The highest BCUT2D eigenvalue weighted by Crippen LogP contribution is 2.19. The molecule has 0 saturated carbocycles. The summed E-state index contributed by atoms with van der Waals surface area (Å²) >= 11 is 0. The Morgan fingerprint density at radius 2 is 1.72 bits per heavy atom. The number of benzene rings is 2. The number of nitrogens with zero attached hydrogens (tertiary/aromatic N) is 3. The quantitative estimate of drug-likeness (QED) is 0.616. The summed E-state index contributed by atoms with van der Waals surface area (Å²) in [5.41, 5.74) is 3.37. The molecule has 0 aromatic heterocycles. The van der Waals surface area contributed by atoms with E-state index in [9.17, 15) is 10.1 Å². The monoisotopic (exact) mass is 337 g/mol. The van der Waals surface area contributed by atoms with E-state index in [-0.39, 0.29) is 10.6 Å². The lowest BCUT2D eigenvalue weighted by Crippen LogP contribution is -2.46. The Morgan fingerprint density at radius 3 is 2.40 bits per heavy atom. The van der Waals surface area contributed by atoms with E-state index in [0.29, 0.717) is 5.56 Å². The molecular formula is C20H23N3O2. The van der Waals surface area contributed by atoms with Crippen molar-refractivity contribution in [2.24, 2.45) is 0 Å². The number of hydrogen-bond donors (Lipinski definition) is 0. The minimum Gasteiger partial charge on any atom is -0.369 e. The van der Waals surface area contributed by atoms with Crippen LogP contribution in [0.5, 0.6) is 0 Å². The average molecular weight is 337 g/mol. The van der Waals surface area contributed by atoms with Crippen LogP contribution < -0.4 is 4.90 Å². The molecule has 0 atom stereocenters. The third-order valence-electron chi connectivity index (χ3n) is 4.57.